The van der Waals surface area contributed by atoms with Crippen LogP contribution in [0.25, 0.3) is 21.8 Å². The first-order valence-electron chi connectivity index (χ1n) is 12.8. The summed E-state index contributed by atoms with van der Waals surface area (Å²) in [6, 6.07) is 16.8. The number of benzene rings is 2. The zero-order valence-electron chi connectivity index (χ0n) is 22.8. The molecular weight excluding hydrogens is 538 g/mol. The molecule has 11 heteroatoms. The molecule has 1 aliphatic rings. The van der Waals surface area contributed by atoms with Gasteiger partial charge < -0.3 is 23.8 Å². The molecule has 1 fully saturated rings. The van der Waals surface area contributed by atoms with Crippen molar-refractivity contribution in [2.75, 3.05) is 64.8 Å². The van der Waals surface area contributed by atoms with E-state index in [1.807, 2.05) is 37.4 Å². The molecule has 9 nitrogen and oxygen atoms in total. The van der Waals surface area contributed by atoms with Crippen LogP contribution in [0.5, 0.6) is 11.8 Å². The first-order valence-corrected chi connectivity index (χ1v) is 14.3. The Morgan fingerprint density at radius 1 is 0.897 bits per heavy atom. The third kappa shape index (κ3) is 5.65. The summed E-state index contributed by atoms with van der Waals surface area (Å²) < 4.78 is 42.8. The van der Waals surface area contributed by atoms with Crippen molar-refractivity contribution in [3.63, 3.8) is 0 Å². The fourth-order valence-electron chi connectivity index (χ4n) is 5.18. The van der Waals surface area contributed by atoms with E-state index in [2.05, 4.69) is 26.4 Å². The fraction of sp³-hybridized carbons (Fsp3) is 0.393. The molecule has 0 unspecified atom stereocenters. The highest BCUT2D eigenvalue weighted by atomic mass is 35.5. The van der Waals surface area contributed by atoms with Crippen molar-refractivity contribution in [1.29, 1.82) is 0 Å². The van der Waals surface area contributed by atoms with E-state index in [9.17, 15) is 8.42 Å². The lowest BCUT2D eigenvalue weighted by molar-refractivity contribution is 0.153. The van der Waals surface area contributed by atoms with Crippen LogP contribution in [0.3, 0.4) is 0 Å². The van der Waals surface area contributed by atoms with Gasteiger partial charge in [0.2, 0.25) is 11.8 Å². The number of aryl methyl sites for hydroxylation is 1. The van der Waals surface area contributed by atoms with Crippen molar-refractivity contribution in [3.8, 4) is 11.8 Å². The van der Waals surface area contributed by atoms with Crippen LogP contribution in [0.1, 0.15) is 6.42 Å². The number of hydrogen-bond donors (Lipinski definition) is 0. The van der Waals surface area contributed by atoms with Crippen molar-refractivity contribution >= 4 is 49.9 Å². The van der Waals surface area contributed by atoms with E-state index in [1.54, 1.807) is 24.3 Å². The quantitative estimate of drug-likeness (QED) is 0.299. The zero-order valence-corrected chi connectivity index (χ0v) is 24.5. The first-order chi connectivity index (χ1) is 18.3. The van der Waals surface area contributed by atoms with Crippen LogP contribution in [-0.2, 0) is 17.1 Å². The lowest BCUT2D eigenvalue weighted by atomic mass is 10.1. The summed E-state index contributed by atoms with van der Waals surface area (Å²) in [6.45, 7) is 5.11. The van der Waals surface area contributed by atoms with E-state index in [4.69, 9.17) is 9.47 Å². The molecule has 39 heavy (non-hydrogen) atoms. The van der Waals surface area contributed by atoms with Crippen LogP contribution < -0.4 is 13.8 Å². The number of ether oxygens (including phenoxy) is 2. The highest BCUT2D eigenvalue weighted by Crippen LogP contribution is 2.35. The third-order valence-corrected chi connectivity index (χ3v) is 9.20. The molecule has 0 aliphatic carbocycles. The number of piperazine rings is 1. The van der Waals surface area contributed by atoms with Gasteiger partial charge in [-0.05, 0) is 50.3 Å². The van der Waals surface area contributed by atoms with Crippen LogP contribution in [0.15, 0.2) is 59.5 Å². The average molecular weight is 574 g/mol. The van der Waals surface area contributed by atoms with Crippen LogP contribution in [0.2, 0.25) is 0 Å². The van der Waals surface area contributed by atoms with Crippen LogP contribution in [0, 0.1) is 0 Å². The predicted octanol–water partition coefficient (Wildman–Crippen LogP) is 4.00. The largest absolute Gasteiger partial charge is 0.481 e. The van der Waals surface area contributed by atoms with E-state index >= 15 is 0 Å². The Kier molecular flexibility index (Phi) is 8.90. The van der Waals surface area contributed by atoms with Gasteiger partial charge in [0.1, 0.15) is 5.69 Å². The van der Waals surface area contributed by atoms with Crippen molar-refractivity contribution in [2.45, 2.75) is 11.3 Å². The molecule has 3 heterocycles. The fourth-order valence-corrected chi connectivity index (χ4v) is 6.71. The molecule has 4 aromatic rings. The number of anilines is 1. The number of fused-ring (bicyclic) bond motifs is 3. The van der Waals surface area contributed by atoms with E-state index in [0.717, 1.165) is 54.5 Å². The lowest BCUT2D eigenvalue weighted by Gasteiger charge is -2.33. The van der Waals surface area contributed by atoms with Gasteiger partial charge in [-0.2, -0.15) is 4.98 Å². The summed E-state index contributed by atoms with van der Waals surface area (Å²) in [4.78, 5) is 9.30. The number of likely N-dealkylation sites (N-methyl/N-ethyl adjacent to an activating group) is 1. The van der Waals surface area contributed by atoms with Gasteiger partial charge in [-0.15, -0.1) is 12.4 Å². The van der Waals surface area contributed by atoms with E-state index in [-0.39, 0.29) is 23.2 Å². The molecule has 0 spiro atoms. The minimum Gasteiger partial charge on any atom is -0.481 e. The summed E-state index contributed by atoms with van der Waals surface area (Å²) in [5.74, 6) is 0.566. The molecule has 0 saturated carbocycles. The van der Waals surface area contributed by atoms with Crippen molar-refractivity contribution in [2.24, 2.45) is 7.05 Å². The number of nitrogens with zero attached hydrogens (tertiary/aromatic N) is 5. The second-order valence-electron chi connectivity index (χ2n) is 9.71. The number of aromatic nitrogens is 2. The molecule has 2 aromatic heterocycles. The topological polar surface area (TPSA) is 80.1 Å². The summed E-state index contributed by atoms with van der Waals surface area (Å²) in [5, 5.41) is 1.92. The normalized spacial score (nSPS) is 14.9. The maximum Gasteiger partial charge on any atom is 0.264 e. The summed E-state index contributed by atoms with van der Waals surface area (Å²) in [6.07, 6.45) is 0.675. The van der Waals surface area contributed by atoms with Gasteiger partial charge >= 0.3 is 0 Å². The van der Waals surface area contributed by atoms with Gasteiger partial charge in [-0.1, -0.05) is 18.2 Å². The van der Waals surface area contributed by atoms with E-state index in [1.165, 1.54) is 18.5 Å². The van der Waals surface area contributed by atoms with Gasteiger partial charge in [0.25, 0.3) is 10.0 Å². The van der Waals surface area contributed by atoms with Gasteiger partial charge in [0.05, 0.1) is 19.1 Å². The zero-order chi connectivity index (χ0) is 26.9. The molecule has 1 saturated heterocycles. The molecular formula is C28H36ClN5O4S. The standard InChI is InChI=1S/C28H35N5O4S.ClH/c1-30-16-18-32(19-17-30)14-7-15-33(26-12-13-27(36-3)29-28(26)37-4)38(34,35)21-10-11-25-23(20-21)22-8-5-6-9-24(22)31(25)2;/h5-6,8-13,20H,7,14-19H2,1-4H3;1H. The number of halogens is 1. The molecule has 210 valence electrons. The van der Waals surface area contributed by atoms with Crippen LogP contribution in [-0.4, -0.2) is 88.3 Å². The van der Waals surface area contributed by atoms with Gasteiger partial charge in [-0.25, -0.2) is 8.42 Å². The maximum atomic E-state index is 14.3. The number of rotatable bonds is 9. The van der Waals surface area contributed by atoms with E-state index < -0.39 is 10.0 Å². The summed E-state index contributed by atoms with van der Waals surface area (Å²) >= 11 is 0. The smallest absolute Gasteiger partial charge is 0.264 e. The molecule has 5 rings (SSSR count). The van der Waals surface area contributed by atoms with Crippen molar-refractivity contribution in [1.82, 2.24) is 19.4 Å². The molecule has 0 N–H and O–H groups in total. The predicted molar refractivity (Wildman–Crippen MR) is 158 cm³/mol. The van der Waals surface area contributed by atoms with Crippen molar-refractivity contribution < 1.29 is 17.9 Å². The number of para-hydroxylation sites is 1. The SMILES string of the molecule is COc1ccc(N(CCCN2CCN(C)CC2)S(=O)(=O)c2ccc3c(c2)c2ccccc2n3C)c(OC)n1.Cl. The minimum absolute atomic E-state index is 0. The van der Waals surface area contributed by atoms with Crippen LogP contribution >= 0.6 is 12.4 Å². The number of hydrogen-bond acceptors (Lipinski definition) is 7. The second kappa shape index (κ2) is 12.0. The maximum absolute atomic E-state index is 14.3. The first kappa shape index (κ1) is 28.9. The van der Waals surface area contributed by atoms with Gasteiger partial charge in [0, 0.05) is 67.6 Å². The Morgan fingerprint density at radius 3 is 2.33 bits per heavy atom. The molecule has 0 atom stereocenters. The highest BCUT2D eigenvalue weighted by molar-refractivity contribution is 7.92. The van der Waals surface area contributed by atoms with Crippen LogP contribution in [0.4, 0.5) is 5.69 Å². The summed E-state index contributed by atoms with van der Waals surface area (Å²) in [5.41, 5.74) is 2.43. The highest BCUT2D eigenvalue weighted by Gasteiger charge is 2.29. The van der Waals surface area contributed by atoms with Gasteiger partial charge in [0.15, 0.2) is 0 Å². The Bertz CT molecular complexity index is 1550. The molecule has 0 radical (unpaired) electrons. The lowest BCUT2D eigenvalue weighted by Crippen LogP contribution is -2.45. The molecule has 1 aliphatic heterocycles. The number of pyridine rings is 1. The number of methoxy groups -OCH3 is 2. The van der Waals surface area contributed by atoms with Gasteiger partial charge in [-0.3, -0.25) is 4.31 Å². The Morgan fingerprint density at radius 2 is 1.62 bits per heavy atom. The Balaban J connectivity index is 0.00000353. The Labute approximate surface area is 236 Å². The third-order valence-electron chi connectivity index (χ3n) is 7.39. The summed E-state index contributed by atoms with van der Waals surface area (Å²) in [7, 11) is 3.20. The molecule has 0 bridgehead atoms. The van der Waals surface area contributed by atoms with Crippen molar-refractivity contribution in [3.05, 3.63) is 54.6 Å². The second-order valence-corrected chi connectivity index (χ2v) is 11.6. The molecule has 0 amide bonds. The number of sulfonamides is 1. The minimum atomic E-state index is -3.93. The van der Waals surface area contributed by atoms with E-state index in [0.29, 0.717) is 24.5 Å². The average Bonchev–Trinajstić information content (AvgIpc) is 3.23. The molecule has 2 aromatic carbocycles. The Hall–Kier alpha value is -3.05. The monoisotopic (exact) mass is 573 g/mol.